The minimum Gasteiger partial charge on any atom is -0.442 e. The van der Waals surface area contributed by atoms with E-state index in [0.29, 0.717) is 12.4 Å². The van der Waals surface area contributed by atoms with Crippen LogP contribution < -0.4 is 10.2 Å². The van der Waals surface area contributed by atoms with Gasteiger partial charge < -0.3 is 15.2 Å². The molecule has 1 atom stereocenters. The van der Waals surface area contributed by atoms with E-state index < -0.39 is 6.09 Å². The smallest absolute Gasteiger partial charge is 0.414 e. The van der Waals surface area contributed by atoms with Crippen molar-refractivity contribution in [3.8, 4) is 16.9 Å². The highest BCUT2D eigenvalue weighted by atomic mass is 16.6. The molecule has 1 fully saturated rings. The van der Waals surface area contributed by atoms with E-state index in [-0.39, 0.29) is 31.0 Å². The average molecular weight is 423 g/mol. The molecule has 1 unspecified atom stereocenters. The maximum Gasteiger partial charge on any atom is 0.414 e. The molecule has 11 heteroatoms. The second-order valence-corrected chi connectivity index (χ2v) is 7.11. The molecular formula is C20H21N7O4. The number of anilines is 1. The van der Waals surface area contributed by atoms with Gasteiger partial charge in [-0.05, 0) is 47.5 Å². The molecule has 1 aromatic carbocycles. The van der Waals surface area contributed by atoms with E-state index in [1.54, 1.807) is 17.2 Å². The summed E-state index contributed by atoms with van der Waals surface area (Å²) >= 11 is 0. The zero-order valence-corrected chi connectivity index (χ0v) is 17.0. The monoisotopic (exact) mass is 423 g/mol. The van der Waals surface area contributed by atoms with Gasteiger partial charge in [0.05, 0.1) is 18.8 Å². The Morgan fingerprint density at radius 3 is 2.74 bits per heavy atom. The van der Waals surface area contributed by atoms with Crippen molar-refractivity contribution in [3.63, 3.8) is 0 Å². The van der Waals surface area contributed by atoms with E-state index in [1.165, 1.54) is 11.7 Å². The number of pyridine rings is 1. The second kappa shape index (κ2) is 8.48. The predicted molar refractivity (Wildman–Crippen MR) is 109 cm³/mol. The standard InChI is InChI=1S/C20H21N7O4/c1-12-7-14(15-4-6-19(22-8-15)27-24-18(11-28)23-25-27)3-5-17(12)26-10-16(31-20(26)30)9-21-13(2)29/h3-8,16,28H,9-11H2,1-2H3,(H,21,29). The number of ether oxygens (including phenoxy) is 1. The van der Waals surface area contributed by atoms with Gasteiger partial charge in [-0.3, -0.25) is 9.69 Å². The molecule has 3 aromatic rings. The maximum absolute atomic E-state index is 12.3. The van der Waals surface area contributed by atoms with Gasteiger partial charge in [-0.2, -0.15) is 0 Å². The highest BCUT2D eigenvalue weighted by Crippen LogP contribution is 2.29. The molecule has 0 radical (unpaired) electrons. The van der Waals surface area contributed by atoms with Crippen LogP contribution in [-0.2, 0) is 16.1 Å². The summed E-state index contributed by atoms with van der Waals surface area (Å²) in [5, 5.41) is 23.3. The van der Waals surface area contributed by atoms with Gasteiger partial charge in [-0.15, -0.1) is 15.0 Å². The molecular weight excluding hydrogens is 402 g/mol. The van der Waals surface area contributed by atoms with Crippen LogP contribution in [0.3, 0.4) is 0 Å². The molecule has 3 heterocycles. The number of nitrogens with one attached hydrogen (secondary N) is 1. The number of cyclic esters (lactones) is 1. The van der Waals surface area contributed by atoms with Crippen LogP contribution in [0, 0.1) is 6.92 Å². The molecule has 0 bridgehead atoms. The summed E-state index contributed by atoms with van der Waals surface area (Å²) < 4.78 is 5.34. The van der Waals surface area contributed by atoms with Gasteiger partial charge in [0.2, 0.25) is 11.7 Å². The molecule has 0 saturated carbocycles. The van der Waals surface area contributed by atoms with E-state index in [1.807, 2.05) is 31.2 Å². The number of amides is 2. The lowest BCUT2D eigenvalue weighted by Crippen LogP contribution is -2.33. The first kappa shape index (κ1) is 20.4. The van der Waals surface area contributed by atoms with Crippen LogP contribution in [-0.4, -0.2) is 61.5 Å². The fourth-order valence-corrected chi connectivity index (χ4v) is 3.30. The molecule has 160 valence electrons. The number of hydrogen-bond acceptors (Lipinski definition) is 8. The normalized spacial score (nSPS) is 15.8. The van der Waals surface area contributed by atoms with Gasteiger partial charge in [0.15, 0.2) is 5.82 Å². The first-order valence-electron chi connectivity index (χ1n) is 9.64. The Balaban J connectivity index is 1.50. The number of rotatable bonds is 6. The Morgan fingerprint density at radius 2 is 2.10 bits per heavy atom. The number of aliphatic hydroxyl groups excluding tert-OH is 1. The van der Waals surface area contributed by atoms with Gasteiger partial charge >= 0.3 is 6.09 Å². The number of carbonyl (C=O) groups is 2. The Hall–Kier alpha value is -3.86. The molecule has 2 aromatic heterocycles. The highest BCUT2D eigenvalue weighted by molar-refractivity contribution is 5.91. The highest BCUT2D eigenvalue weighted by Gasteiger charge is 2.33. The summed E-state index contributed by atoms with van der Waals surface area (Å²) in [6.07, 6.45) is 0.878. The lowest BCUT2D eigenvalue weighted by molar-refractivity contribution is -0.119. The third-order valence-corrected chi connectivity index (χ3v) is 4.82. The quantitative estimate of drug-likeness (QED) is 0.599. The van der Waals surface area contributed by atoms with Crippen LogP contribution in [0.15, 0.2) is 36.5 Å². The van der Waals surface area contributed by atoms with Gasteiger partial charge in [0, 0.05) is 18.7 Å². The largest absolute Gasteiger partial charge is 0.442 e. The molecule has 1 saturated heterocycles. The average Bonchev–Trinajstić information content (AvgIpc) is 3.39. The molecule has 31 heavy (non-hydrogen) atoms. The number of hydrogen-bond donors (Lipinski definition) is 2. The summed E-state index contributed by atoms with van der Waals surface area (Å²) in [5.74, 6) is 0.536. The van der Waals surface area contributed by atoms with Crippen molar-refractivity contribution in [3.05, 3.63) is 47.9 Å². The molecule has 11 nitrogen and oxygen atoms in total. The van der Waals surface area contributed by atoms with Crippen LogP contribution in [0.1, 0.15) is 18.3 Å². The Kier molecular flexibility index (Phi) is 5.58. The van der Waals surface area contributed by atoms with Crippen LogP contribution in [0.4, 0.5) is 10.5 Å². The predicted octanol–water partition coefficient (Wildman–Crippen LogP) is 0.986. The van der Waals surface area contributed by atoms with E-state index >= 15 is 0 Å². The van der Waals surface area contributed by atoms with Crippen LogP contribution in [0.2, 0.25) is 0 Å². The van der Waals surface area contributed by atoms with Crippen molar-refractivity contribution in [1.29, 1.82) is 0 Å². The maximum atomic E-state index is 12.3. The van der Waals surface area contributed by atoms with Crippen molar-refractivity contribution >= 4 is 17.7 Å². The molecule has 0 aliphatic carbocycles. The summed E-state index contributed by atoms with van der Waals surface area (Å²) in [6.45, 7) is 3.71. The van der Waals surface area contributed by atoms with Gasteiger partial charge in [0.25, 0.3) is 0 Å². The number of aromatic nitrogens is 5. The van der Waals surface area contributed by atoms with Gasteiger partial charge in [-0.1, -0.05) is 6.07 Å². The number of aliphatic hydroxyl groups is 1. The zero-order valence-electron chi connectivity index (χ0n) is 17.0. The Morgan fingerprint density at radius 1 is 1.29 bits per heavy atom. The van der Waals surface area contributed by atoms with E-state index in [9.17, 15) is 9.59 Å². The summed E-state index contributed by atoms with van der Waals surface area (Å²) in [4.78, 5) is 30.5. The van der Waals surface area contributed by atoms with Crippen LogP contribution in [0.25, 0.3) is 16.9 Å². The molecule has 0 spiro atoms. The van der Waals surface area contributed by atoms with Crippen molar-refractivity contribution in [2.75, 3.05) is 18.0 Å². The Bertz CT molecular complexity index is 1110. The molecule has 1 aliphatic heterocycles. The molecule has 2 N–H and O–H groups in total. The number of nitrogens with zero attached hydrogens (tertiary/aromatic N) is 6. The summed E-state index contributed by atoms with van der Waals surface area (Å²) in [5.41, 5.74) is 3.48. The SMILES string of the molecule is CC(=O)NCC1CN(c2ccc(-c3ccc(-n4nnc(CO)n4)nc3)cc2C)C(=O)O1. The van der Waals surface area contributed by atoms with Crippen molar-refractivity contribution in [2.45, 2.75) is 26.6 Å². The molecule has 4 rings (SSSR count). The second-order valence-electron chi connectivity index (χ2n) is 7.11. The van der Waals surface area contributed by atoms with Gasteiger partial charge in [0.1, 0.15) is 12.7 Å². The first-order valence-corrected chi connectivity index (χ1v) is 9.64. The minimum atomic E-state index is -0.431. The third kappa shape index (κ3) is 4.36. The summed E-state index contributed by atoms with van der Waals surface area (Å²) in [7, 11) is 0. The molecule has 1 aliphatic rings. The lowest BCUT2D eigenvalue weighted by Gasteiger charge is -2.17. The van der Waals surface area contributed by atoms with Crippen molar-refractivity contribution in [2.24, 2.45) is 0 Å². The number of tetrazole rings is 1. The van der Waals surface area contributed by atoms with Gasteiger partial charge in [-0.25, -0.2) is 9.78 Å². The fourth-order valence-electron chi connectivity index (χ4n) is 3.30. The van der Waals surface area contributed by atoms with E-state index in [2.05, 4.69) is 25.7 Å². The topological polar surface area (TPSA) is 135 Å². The van der Waals surface area contributed by atoms with Crippen LogP contribution in [0.5, 0.6) is 0 Å². The van der Waals surface area contributed by atoms with Crippen molar-refractivity contribution in [1.82, 2.24) is 30.5 Å². The summed E-state index contributed by atoms with van der Waals surface area (Å²) in [6, 6.07) is 9.38. The third-order valence-electron chi connectivity index (χ3n) is 4.82. The lowest BCUT2D eigenvalue weighted by atomic mass is 10.0. The Labute approximate surface area is 177 Å². The number of carbonyl (C=O) groups excluding carboxylic acids is 2. The van der Waals surface area contributed by atoms with Crippen LogP contribution >= 0.6 is 0 Å². The minimum absolute atomic E-state index is 0.164. The van der Waals surface area contributed by atoms with E-state index in [0.717, 1.165) is 22.4 Å². The molecule has 2 amide bonds. The fraction of sp³-hybridized carbons (Fsp3) is 0.300. The number of benzene rings is 1. The zero-order chi connectivity index (χ0) is 22.0. The van der Waals surface area contributed by atoms with E-state index in [4.69, 9.17) is 9.84 Å². The van der Waals surface area contributed by atoms with Crippen molar-refractivity contribution < 1.29 is 19.4 Å². The first-order chi connectivity index (χ1) is 14.9. The number of aryl methyl sites for hydroxylation is 1.